The van der Waals surface area contributed by atoms with Crippen LogP contribution >= 0.6 is 0 Å². The van der Waals surface area contributed by atoms with Crippen LogP contribution < -0.4 is 9.47 Å². The zero-order chi connectivity index (χ0) is 23.3. The first kappa shape index (κ1) is 23.6. The Bertz CT molecular complexity index is 1050. The third-order valence-corrected chi connectivity index (χ3v) is 4.83. The highest BCUT2D eigenvalue weighted by Crippen LogP contribution is 2.31. The molecule has 0 fully saturated rings. The van der Waals surface area contributed by atoms with Gasteiger partial charge in [0, 0.05) is 11.3 Å². The number of aliphatic hydroxyl groups excluding tert-OH is 2. The van der Waals surface area contributed by atoms with Gasteiger partial charge < -0.3 is 24.2 Å². The zero-order valence-electron chi connectivity index (χ0n) is 19.1. The second-order valence-electron chi connectivity index (χ2n) is 8.03. The lowest BCUT2D eigenvalue weighted by Gasteiger charge is -2.16. The Morgan fingerprint density at radius 1 is 1.12 bits per heavy atom. The summed E-state index contributed by atoms with van der Waals surface area (Å²) in [5.41, 5.74) is 3.96. The summed E-state index contributed by atoms with van der Waals surface area (Å²) in [5.74, 6) is 1.83. The van der Waals surface area contributed by atoms with Crippen molar-refractivity contribution >= 4 is 0 Å². The number of aromatic nitrogens is 4. The summed E-state index contributed by atoms with van der Waals surface area (Å²) in [4.78, 5) is 13.3. The predicted octanol–water partition coefficient (Wildman–Crippen LogP) is 3.00. The van der Waals surface area contributed by atoms with Crippen molar-refractivity contribution in [1.29, 1.82) is 0 Å². The highest BCUT2D eigenvalue weighted by atomic mass is 16.5. The standard InChI is InChI=1S/C23H30N4O5/c1-6-15-9-16(8-14(4)20(15)31-12-18(29)11-28)21-26-22(32-27-21)19-10-17(7-13(2)3)24-23(25-19)30-5/h8-10,13,18,28-29H,6-7,11-12H2,1-5H3/t18-/m0/s1. The van der Waals surface area contributed by atoms with Gasteiger partial charge >= 0.3 is 6.01 Å². The van der Waals surface area contributed by atoms with Gasteiger partial charge in [-0.2, -0.15) is 9.97 Å². The van der Waals surface area contributed by atoms with Crippen LogP contribution in [0.4, 0.5) is 0 Å². The number of hydrogen-bond donors (Lipinski definition) is 2. The first-order chi connectivity index (χ1) is 15.3. The summed E-state index contributed by atoms with van der Waals surface area (Å²) in [6, 6.07) is 5.94. The van der Waals surface area contributed by atoms with E-state index in [-0.39, 0.29) is 25.1 Å². The van der Waals surface area contributed by atoms with Crippen molar-refractivity contribution in [2.45, 2.75) is 46.6 Å². The molecule has 2 N–H and O–H groups in total. The summed E-state index contributed by atoms with van der Waals surface area (Å²) in [5, 5.41) is 22.8. The summed E-state index contributed by atoms with van der Waals surface area (Å²) in [6.07, 6.45) is 0.563. The van der Waals surface area contributed by atoms with E-state index in [1.807, 2.05) is 32.0 Å². The third kappa shape index (κ3) is 5.60. The van der Waals surface area contributed by atoms with Crippen LogP contribution in [0.1, 0.15) is 37.6 Å². The molecule has 0 aliphatic rings. The Hall–Kier alpha value is -3.04. The van der Waals surface area contributed by atoms with E-state index in [1.54, 1.807) is 0 Å². The molecule has 0 amide bonds. The van der Waals surface area contributed by atoms with Crippen molar-refractivity contribution in [3.63, 3.8) is 0 Å². The molecule has 0 saturated heterocycles. The van der Waals surface area contributed by atoms with Gasteiger partial charge in [0.1, 0.15) is 24.2 Å². The minimum absolute atomic E-state index is 0.0182. The van der Waals surface area contributed by atoms with Crippen LogP contribution in [0, 0.1) is 12.8 Å². The number of rotatable bonds is 10. The van der Waals surface area contributed by atoms with E-state index in [0.717, 1.165) is 28.8 Å². The molecule has 2 aromatic heterocycles. The van der Waals surface area contributed by atoms with Gasteiger partial charge in [-0.05, 0) is 55.0 Å². The van der Waals surface area contributed by atoms with E-state index < -0.39 is 6.10 Å². The van der Waals surface area contributed by atoms with Gasteiger partial charge in [0.05, 0.1) is 13.7 Å². The molecule has 1 atom stereocenters. The van der Waals surface area contributed by atoms with Gasteiger partial charge in [-0.15, -0.1) is 0 Å². The molecule has 1 aromatic carbocycles. The number of benzene rings is 1. The Balaban J connectivity index is 1.92. The molecule has 0 radical (unpaired) electrons. The van der Waals surface area contributed by atoms with Crippen LogP contribution in [0.3, 0.4) is 0 Å². The molecule has 9 heteroatoms. The average Bonchev–Trinajstić information content (AvgIpc) is 3.27. The first-order valence-electron chi connectivity index (χ1n) is 10.7. The van der Waals surface area contributed by atoms with E-state index in [0.29, 0.717) is 29.6 Å². The van der Waals surface area contributed by atoms with E-state index in [9.17, 15) is 5.11 Å². The fraction of sp³-hybridized carbons (Fsp3) is 0.478. The molecule has 0 saturated carbocycles. The fourth-order valence-electron chi connectivity index (χ4n) is 3.32. The minimum atomic E-state index is -0.927. The van der Waals surface area contributed by atoms with Crippen LogP contribution in [0.15, 0.2) is 22.7 Å². The molecule has 2 heterocycles. The number of methoxy groups -OCH3 is 1. The number of aryl methyl sites for hydroxylation is 2. The van der Waals surface area contributed by atoms with E-state index in [1.165, 1.54) is 7.11 Å². The topological polar surface area (TPSA) is 124 Å². The normalized spacial score (nSPS) is 12.2. The minimum Gasteiger partial charge on any atom is -0.490 e. The Morgan fingerprint density at radius 3 is 2.56 bits per heavy atom. The summed E-state index contributed by atoms with van der Waals surface area (Å²) in [6.45, 7) is 7.83. The third-order valence-electron chi connectivity index (χ3n) is 4.83. The van der Waals surface area contributed by atoms with Gasteiger partial charge in [0.2, 0.25) is 5.82 Å². The molecule has 172 valence electrons. The van der Waals surface area contributed by atoms with Crippen molar-refractivity contribution in [1.82, 2.24) is 20.1 Å². The van der Waals surface area contributed by atoms with Gasteiger partial charge in [-0.25, -0.2) is 4.98 Å². The van der Waals surface area contributed by atoms with Crippen molar-refractivity contribution in [2.75, 3.05) is 20.3 Å². The van der Waals surface area contributed by atoms with Gasteiger partial charge in [-0.3, -0.25) is 0 Å². The van der Waals surface area contributed by atoms with Crippen LogP contribution in [0.2, 0.25) is 0 Å². The SMILES string of the molecule is CCc1cc(-c2noc(-c3cc(CC(C)C)nc(OC)n3)n2)cc(C)c1OC[C@@H](O)CO. The largest absolute Gasteiger partial charge is 0.490 e. The smallest absolute Gasteiger partial charge is 0.317 e. The van der Waals surface area contributed by atoms with E-state index in [2.05, 4.69) is 34.0 Å². The average molecular weight is 443 g/mol. The molecule has 0 aliphatic carbocycles. The van der Waals surface area contributed by atoms with Crippen molar-refractivity contribution in [3.05, 3.63) is 35.0 Å². The Labute approximate surface area is 187 Å². The highest BCUT2D eigenvalue weighted by molar-refractivity contribution is 5.63. The maximum atomic E-state index is 9.60. The lowest BCUT2D eigenvalue weighted by atomic mass is 10.0. The summed E-state index contributed by atoms with van der Waals surface area (Å²) >= 11 is 0. The van der Waals surface area contributed by atoms with Crippen molar-refractivity contribution in [2.24, 2.45) is 5.92 Å². The number of ether oxygens (including phenoxy) is 2. The number of aliphatic hydroxyl groups is 2. The Morgan fingerprint density at radius 2 is 1.91 bits per heavy atom. The van der Waals surface area contributed by atoms with Crippen LogP contribution in [-0.4, -0.2) is 56.7 Å². The monoisotopic (exact) mass is 442 g/mol. The second-order valence-corrected chi connectivity index (χ2v) is 8.03. The lowest BCUT2D eigenvalue weighted by molar-refractivity contribution is 0.0531. The molecular weight excluding hydrogens is 412 g/mol. The van der Waals surface area contributed by atoms with Crippen LogP contribution in [0.5, 0.6) is 11.8 Å². The highest BCUT2D eigenvalue weighted by Gasteiger charge is 2.18. The molecule has 3 aromatic rings. The summed E-state index contributed by atoms with van der Waals surface area (Å²) < 4.78 is 16.5. The number of hydrogen-bond acceptors (Lipinski definition) is 9. The second kappa shape index (κ2) is 10.5. The van der Waals surface area contributed by atoms with Crippen molar-refractivity contribution < 1.29 is 24.2 Å². The van der Waals surface area contributed by atoms with Crippen molar-refractivity contribution in [3.8, 4) is 34.7 Å². The lowest BCUT2D eigenvalue weighted by Crippen LogP contribution is -2.22. The van der Waals surface area contributed by atoms with Crippen LogP contribution in [0.25, 0.3) is 23.0 Å². The van der Waals surface area contributed by atoms with Gasteiger partial charge in [-0.1, -0.05) is 25.9 Å². The maximum absolute atomic E-state index is 9.60. The molecular formula is C23H30N4O5. The van der Waals surface area contributed by atoms with E-state index >= 15 is 0 Å². The zero-order valence-corrected chi connectivity index (χ0v) is 19.1. The molecule has 0 unspecified atom stereocenters. The van der Waals surface area contributed by atoms with Gasteiger partial charge in [0.25, 0.3) is 5.89 Å². The maximum Gasteiger partial charge on any atom is 0.317 e. The quantitative estimate of drug-likeness (QED) is 0.487. The molecule has 0 aliphatic heterocycles. The number of nitrogens with zero attached hydrogens (tertiary/aromatic N) is 4. The molecule has 3 rings (SSSR count). The molecule has 32 heavy (non-hydrogen) atoms. The summed E-state index contributed by atoms with van der Waals surface area (Å²) in [7, 11) is 1.52. The van der Waals surface area contributed by atoms with Crippen LogP contribution in [-0.2, 0) is 12.8 Å². The predicted molar refractivity (Wildman–Crippen MR) is 119 cm³/mol. The first-order valence-corrected chi connectivity index (χ1v) is 10.7. The Kier molecular flexibility index (Phi) is 7.76. The molecule has 9 nitrogen and oxygen atoms in total. The van der Waals surface area contributed by atoms with Gasteiger partial charge in [0.15, 0.2) is 0 Å². The fourth-order valence-corrected chi connectivity index (χ4v) is 3.32. The molecule has 0 spiro atoms. The molecule has 0 bridgehead atoms. The van der Waals surface area contributed by atoms with E-state index in [4.69, 9.17) is 19.1 Å².